The van der Waals surface area contributed by atoms with Gasteiger partial charge in [0.05, 0.1) is 41.2 Å². The van der Waals surface area contributed by atoms with Crippen LogP contribution in [0.3, 0.4) is 0 Å². The van der Waals surface area contributed by atoms with Crippen molar-refractivity contribution in [3.63, 3.8) is 0 Å². The molecule has 1 atom stereocenters. The average molecular weight is 474 g/mol. The van der Waals surface area contributed by atoms with Crippen LogP contribution in [0.15, 0.2) is 24.3 Å². The summed E-state index contributed by atoms with van der Waals surface area (Å²) in [7, 11) is -2.97. The number of anilines is 2. The summed E-state index contributed by atoms with van der Waals surface area (Å²) in [4.78, 5) is 28.2. The third-order valence-electron chi connectivity index (χ3n) is 6.47. The summed E-state index contributed by atoms with van der Waals surface area (Å²) in [6.45, 7) is 8.85. The Hall–Kier alpha value is -2.72. The maximum atomic E-state index is 12.5. The number of benzene rings is 1. The number of rotatable bonds is 6. The Labute approximate surface area is 194 Å². The molecule has 1 unspecified atom stereocenters. The van der Waals surface area contributed by atoms with Gasteiger partial charge in [-0.3, -0.25) is 19.2 Å². The molecule has 33 heavy (non-hydrogen) atoms. The number of aryl methyl sites for hydroxylation is 1. The zero-order chi connectivity index (χ0) is 23.8. The molecule has 0 spiro atoms. The topological polar surface area (TPSA) is 105 Å². The number of carbonyl (C=O) groups is 2. The summed E-state index contributed by atoms with van der Waals surface area (Å²) in [6, 6.07) is 6.82. The summed E-state index contributed by atoms with van der Waals surface area (Å²) >= 11 is 0. The van der Waals surface area contributed by atoms with Gasteiger partial charge in [-0.1, -0.05) is 0 Å². The van der Waals surface area contributed by atoms with Crippen LogP contribution in [-0.2, 0) is 14.6 Å². The number of hydrogen-bond acceptors (Lipinski definition) is 7. The Morgan fingerprint density at radius 3 is 2.33 bits per heavy atom. The minimum absolute atomic E-state index is 0.00459. The number of piperazine rings is 1. The Morgan fingerprint density at radius 1 is 1.09 bits per heavy atom. The van der Waals surface area contributed by atoms with Gasteiger partial charge in [0.1, 0.15) is 0 Å². The quantitative estimate of drug-likeness (QED) is 0.638. The van der Waals surface area contributed by atoms with Crippen molar-refractivity contribution < 1.29 is 18.0 Å². The number of ketones is 1. The average Bonchev–Trinajstić information content (AvgIpc) is 3.27. The molecule has 0 saturated carbocycles. The lowest BCUT2D eigenvalue weighted by atomic mass is 10.1. The fourth-order valence-corrected chi connectivity index (χ4v) is 6.45. The van der Waals surface area contributed by atoms with Crippen LogP contribution in [0.25, 0.3) is 0 Å². The molecule has 0 bridgehead atoms. The zero-order valence-electron chi connectivity index (χ0n) is 19.4. The van der Waals surface area contributed by atoms with Crippen LogP contribution in [-0.4, -0.2) is 79.0 Å². The monoisotopic (exact) mass is 473 g/mol. The van der Waals surface area contributed by atoms with Crippen molar-refractivity contribution in [3.05, 3.63) is 41.2 Å². The van der Waals surface area contributed by atoms with E-state index in [1.54, 1.807) is 24.3 Å². The first-order chi connectivity index (χ1) is 15.6. The van der Waals surface area contributed by atoms with Crippen LogP contribution in [0, 0.1) is 13.8 Å². The summed E-state index contributed by atoms with van der Waals surface area (Å²) in [5.41, 5.74) is 4.30. The number of hydrogen-bond donors (Lipinski definition) is 1. The fraction of sp³-hybridized carbons (Fsp3) is 0.522. The van der Waals surface area contributed by atoms with Crippen molar-refractivity contribution >= 4 is 32.9 Å². The molecule has 9 nitrogen and oxygen atoms in total. The van der Waals surface area contributed by atoms with Crippen molar-refractivity contribution in [2.75, 3.05) is 54.4 Å². The second-order valence-electron chi connectivity index (χ2n) is 8.97. The van der Waals surface area contributed by atoms with E-state index in [9.17, 15) is 18.0 Å². The van der Waals surface area contributed by atoms with Gasteiger partial charge in [-0.05, 0) is 51.5 Å². The molecule has 0 aliphatic carbocycles. The maximum absolute atomic E-state index is 12.5. The van der Waals surface area contributed by atoms with Crippen LogP contribution >= 0.6 is 0 Å². The zero-order valence-corrected chi connectivity index (χ0v) is 20.2. The van der Waals surface area contributed by atoms with Gasteiger partial charge in [-0.15, -0.1) is 0 Å². The van der Waals surface area contributed by atoms with E-state index in [0.29, 0.717) is 24.2 Å². The Bertz CT molecular complexity index is 1150. The number of sulfone groups is 1. The highest BCUT2D eigenvalue weighted by atomic mass is 32.2. The molecule has 178 valence electrons. The molecule has 3 heterocycles. The lowest BCUT2D eigenvalue weighted by Crippen LogP contribution is -2.49. The van der Waals surface area contributed by atoms with E-state index in [1.165, 1.54) is 6.92 Å². The van der Waals surface area contributed by atoms with Crippen molar-refractivity contribution in [1.29, 1.82) is 0 Å². The molecule has 0 radical (unpaired) electrons. The Balaban J connectivity index is 1.32. The van der Waals surface area contributed by atoms with Gasteiger partial charge in [0.2, 0.25) is 5.91 Å². The standard InChI is InChI=1S/C23H31N5O4S/c1-16-23(17(2)28(25-16)21-8-13-33(31,32)15-21)27-11-9-26(10-12-27)14-22(30)24-20-6-4-19(5-7-20)18(3)29/h4-7,21H,8-15H2,1-3H3,(H,24,30). The largest absolute Gasteiger partial charge is 0.366 e. The second-order valence-corrected chi connectivity index (χ2v) is 11.2. The Morgan fingerprint density at radius 2 is 1.76 bits per heavy atom. The number of aromatic nitrogens is 2. The normalized spacial score (nSPS) is 20.7. The van der Waals surface area contributed by atoms with Crippen LogP contribution < -0.4 is 10.2 Å². The van der Waals surface area contributed by atoms with E-state index in [0.717, 1.165) is 43.3 Å². The van der Waals surface area contributed by atoms with Gasteiger partial charge in [0.15, 0.2) is 15.6 Å². The minimum atomic E-state index is -2.97. The van der Waals surface area contributed by atoms with E-state index < -0.39 is 9.84 Å². The SMILES string of the molecule is CC(=O)c1ccc(NC(=O)CN2CCN(c3c(C)nn(C4CCS(=O)(=O)C4)c3C)CC2)cc1. The molecule has 1 N–H and O–H groups in total. The maximum Gasteiger partial charge on any atom is 0.238 e. The minimum Gasteiger partial charge on any atom is -0.366 e. The van der Waals surface area contributed by atoms with Gasteiger partial charge in [0, 0.05) is 37.4 Å². The predicted molar refractivity (Wildman–Crippen MR) is 128 cm³/mol. The molecular weight excluding hydrogens is 442 g/mol. The molecule has 1 amide bonds. The highest BCUT2D eigenvalue weighted by molar-refractivity contribution is 7.91. The van der Waals surface area contributed by atoms with Crippen molar-refractivity contribution in [2.24, 2.45) is 0 Å². The number of nitrogens with zero attached hydrogens (tertiary/aromatic N) is 4. The van der Waals surface area contributed by atoms with E-state index in [4.69, 9.17) is 0 Å². The first-order valence-corrected chi connectivity index (χ1v) is 13.1. The summed E-state index contributed by atoms with van der Waals surface area (Å²) < 4.78 is 25.7. The summed E-state index contributed by atoms with van der Waals surface area (Å²) in [5.74, 6) is 0.304. The van der Waals surface area contributed by atoms with E-state index in [2.05, 4.69) is 20.2 Å². The Kier molecular flexibility index (Phi) is 6.58. The molecule has 2 aromatic rings. The van der Waals surface area contributed by atoms with Gasteiger partial charge >= 0.3 is 0 Å². The third-order valence-corrected chi connectivity index (χ3v) is 8.22. The van der Waals surface area contributed by atoms with Crippen LogP contribution in [0.2, 0.25) is 0 Å². The van der Waals surface area contributed by atoms with Crippen molar-refractivity contribution in [2.45, 2.75) is 33.2 Å². The smallest absolute Gasteiger partial charge is 0.238 e. The molecule has 2 saturated heterocycles. The molecule has 2 aliphatic rings. The molecule has 1 aromatic carbocycles. The lowest BCUT2D eigenvalue weighted by molar-refractivity contribution is -0.117. The first-order valence-electron chi connectivity index (χ1n) is 11.3. The van der Waals surface area contributed by atoms with Crippen molar-refractivity contribution in [3.8, 4) is 0 Å². The molecule has 1 aromatic heterocycles. The number of carbonyl (C=O) groups excluding carboxylic acids is 2. The third kappa shape index (κ3) is 5.27. The molecule has 10 heteroatoms. The predicted octanol–water partition coefficient (Wildman–Crippen LogP) is 1.82. The van der Waals surface area contributed by atoms with Gasteiger partial charge in [-0.2, -0.15) is 5.10 Å². The molecule has 4 rings (SSSR count). The molecular formula is C23H31N5O4S. The fourth-order valence-electron chi connectivity index (χ4n) is 4.76. The van der Waals surface area contributed by atoms with Crippen molar-refractivity contribution in [1.82, 2.24) is 14.7 Å². The van der Waals surface area contributed by atoms with Crippen LogP contribution in [0.4, 0.5) is 11.4 Å². The van der Waals surface area contributed by atoms with E-state index in [-0.39, 0.29) is 29.2 Å². The second kappa shape index (κ2) is 9.26. The summed E-state index contributed by atoms with van der Waals surface area (Å²) in [5, 5.41) is 7.57. The van der Waals surface area contributed by atoms with Gasteiger partial charge < -0.3 is 10.2 Å². The van der Waals surface area contributed by atoms with E-state index in [1.807, 2.05) is 18.5 Å². The van der Waals surface area contributed by atoms with Crippen LogP contribution in [0.5, 0.6) is 0 Å². The number of Topliss-reactive ketones (excluding diaryl/α,β-unsaturated/α-hetero) is 1. The number of nitrogens with one attached hydrogen (secondary N) is 1. The first kappa shape index (κ1) is 23.4. The van der Waals surface area contributed by atoms with E-state index >= 15 is 0 Å². The molecule has 2 fully saturated rings. The summed E-state index contributed by atoms with van der Waals surface area (Å²) in [6.07, 6.45) is 0.615. The van der Waals surface area contributed by atoms with Gasteiger partial charge in [-0.25, -0.2) is 8.42 Å². The highest BCUT2D eigenvalue weighted by Crippen LogP contribution is 2.31. The number of amides is 1. The highest BCUT2D eigenvalue weighted by Gasteiger charge is 2.32. The molecule has 2 aliphatic heterocycles. The lowest BCUT2D eigenvalue weighted by Gasteiger charge is -2.36. The van der Waals surface area contributed by atoms with Crippen LogP contribution in [0.1, 0.15) is 41.1 Å². The van der Waals surface area contributed by atoms with Gasteiger partial charge in [0.25, 0.3) is 0 Å².